The molecule has 0 aromatic rings. The van der Waals surface area contributed by atoms with Gasteiger partial charge in [0.1, 0.15) is 5.54 Å². The first-order valence-corrected chi connectivity index (χ1v) is 5.34. The summed E-state index contributed by atoms with van der Waals surface area (Å²) in [4.78, 5) is 11.2. The summed E-state index contributed by atoms with van der Waals surface area (Å²) < 4.78 is 5.22. The van der Waals surface area contributed by atoms with Crippen LogP contribution in [0.15, 0.2) is 0 Å². The van der Waals surface area contributed by atoms with Crippen LogP contribution in [0.3, 0.4) is 0 Å². The van der Waals surface area contributed by atoms with Crippen LogP contribution in [0.2, 0.25) is 0 Å². The highest BCUT2D eigenvalue weighted by molar-refractivity contribution is 5.78. The van der Waals surface area contributed by atoms with Crippen LogP contribution < -0.4 is 5.32 Å². The predicted octanol–water partition coefficient (Wildman–Crippen LogP) is 0.615. The number of carboxylic acids is 1. The van der Waals surface area contributed by atoms with Crippen molar-refractivity contribution < 1.29 is 19.7 Å². The topological polar surface area (TPSA) is 78.8 Å². The highest BCUT2D eigenvalue weighted by Crippen LogP contribution is 2.23. The number of aliphatic hydroxyl groups is 1. The number of aliphatic hydroxyl groups excluding tert-OH is 1. The second-order valence-electron chi connectivity index (χ2n) is 5.01. The number of β-amino-alcohol motifs (C(OH)–C–C–N with tert-alkyl or cyclic N) is 1. The van der Waals surface area contributed by atoms with Gasteiger partial charge in [-0.25, -0.2) is 0 Å². The fraction of sp³-hybridized carbons (Fsp3) is 0.909. The predicted molar refractivity (Wildman–Crippen MR) is 61.4 cm³/mol. The summed E-state index contributed by atoms with van der Waals surface area (Å²) in [5.74, 6) is -0.946. The van der Waals surface area contributed by atoms with Crippen molar-refractivity contribution in [3.8, 4) is 0 Å². The number of hydrogen-bond acceptors (Lipinski definition) is 4. The Morgan fingerprint density at radius 3 is 2.25 bits per heavy atom. The molecule has 0 rings (SSSR count). The van der Waals surface area contributed by atoms with Crippen molar-refractivity contribution in [2.75, 3.05) is 13.7 Å². The van der Waals surface area contributed by atoms with Crippen LogP contribution >= 0.6 is 0 Å². The lowest BCUT2D eigenvalue weighted by Crippen LogP contribution is -2.55. The number of nitrogens with one attached hydrogen (secondary N) is 1. The van der Waals surface area contributed by atoms with Crippen LogP contribution in [-0.2, 0) is 9.53 Å². The molecular formula is C11H23NO4. The first-order valence-electron chi connectivity index (χ1n) is 5.34. The van der Waals surface area contributed by atoms with Gasteiger partial charge in [-0.3, -0.25) is 10.1 Å². The van der Waals surface area contributed by atoms with E-state index in [0.29, 0.717) is 6.42 Å². The molecule has 16 heavy (non-hydrogen) atoms. The molecule has 0 aliphatic heterocycles. The van der Waals surface area contributed by atoms with Gasteiger partial charge in [-0.15, -0.1) is 0 Å². The third kappa shape index (κ3) is 4.92. The number of rotatable bonds is 7. The summed E-state index contributed by atoms with van der Waals surface area (Å²) in [6.07, 6.45) is -0.261. The van der Waals surface area contributed by atoms with E-state index in [-0.39, 0.29) is 6.54 Å². The molecular weight excluding hydrogens is 210 g/mol. The maximum Gasteiger partial charge on any atom is 0.323 e. The molecule has 0 fully saturated rings. The molecule has 0 heterocycles. The lowest BCUT2D eigenvalue weighted by Gasteiger charge is -2.34. The van der Waals surface area contributed by atoms with E-state index in [9.17, 15) is 9.90 Å². The number of ether oxygens (including phenoxy) is 1. The summed E-state index contributed by atoms with van der Waals surface area (Å²) in [5.41, 5.74) is -1.63. The Hall–Kier alpha value is -0.650. The van der Waals surface area contributed by atoms with Crippen molar-refractivity contribution in [1.29, 1.82) is 0 Å². The molecule has 0 aromatic carbocycles. The van der Waals surface area contributed by atoms with Gasteiger partial charge in [-0.1, -0.05) is 0 Å². The minimum Gasteiger partial charge on any atom is -0.480 e. The number of hydrogen-bond donors (Lipinski definition) is 3. The van der Waals surface area contributed by atoms with Gasteiger partial charge in [0.05, 0.1) is 11.7 Å². The van der Waals surface area contributed by atoms with Crippen LogP contribution in [0.25, 0.3) is 0 Å². The number of carboxylic acid groups (broad SMARTS) is 1. The summed E-state index contributed by atoms with van der Waals surface area (Å²) in [7, 11) is 1.55. The van der Waals surface area contributed by atoms with Crippen molar-refractivity contribution in [1.82, 2.24) is 5.32 Å². The molecule has 0 radical (unpaired) electrons. The molecule has 0 spiro atoms. The molecule has 2 atom stereocenters. The van der Waals surface area contributed by atoms with E-state index >= 15 is 0 Å². The normalized spacial score (nSPS) is 17.9. The molecule has 0 aromatic heterocycles. The molecule has 0 amide bonds. The van der Waals surface area contributed by atoms with E-state index in [0.717, 1.165) is 0 Å². The van der Waals surface area contributed by atoms with Gasteiger partial charge in [-0.2, -0.15) is 0 Å². The van der Waals surface area contributed by atoms with Gasteiger partial charge >= 0.3 is 5.97 Å². The molecule has 5 heteroatoms. The fourth-order valence-corrected chi connectivity index (χ4v) is 1.51. The standard InChI is InChI=1S/C11H23NO4/c1-8(13)6-12-11(4,9(14)15)7-10(2,3)16-5/h8,12-13H,6-7H2,1-5H3,(H,14,15). The maximum atomic E-state index is 11.2. The van der Waals surface area contributed by atoms with Gasteiger partial charge in [0.15, 0.2) is 0 Å². The lowest BCUT2D eigenvalue weighted by atomic mass is 9.87. The summed E-state index contributed by atoms with van der Waals surface area (Å²) in [6.45, 7) is 7.11. The number of methoxy groups -OCH3 is 1. The van der Waals surface area contributed by atoms with Crippen LogP contribution in [0.5, 0.6) is 0 Å². The van der Waals surface area contributed by atoms with Crippen molar-refractivity contribution in [3.05, 3.63) is 0 Å². The summed E-state index contributed by atoms with van der Waals surface area (Å²) in [5, 5.41) is 21.2. The molecule has 2 unspecified atom stereocenters. The fourth-order valence-electron chi connectivity index (χ4n) is 1.51. The Bertz CT molecular complexity index is 240. The van der Waals surface area contributed by atoms with E-state index in [1.54, 1.807) is 21.0 Å². The van der Waals surface area contributed by atoms with E-state index < -0.39 is 23.2 Å². The van der Waals surface area contributed by atoms with Gasteiger partial charge in [0.25, 0.3) is 0 Å². The minimum absolute atomic E-state index is 0.239. The van der Waals surface area contributed by atoms with Crippen molar-refractivity contribution >= 4 is 5.97 Å². The average molecular weight is 233 g/mol. The monoisotopic (exact) mass is 233 g/mol. The highest BCUT2D eigenvalue weighted by Gasteiger charge is 2.38. The SMILES string of the molecule is COC(C)(C)CC(C)(NCC(C)O)C(=O)O. The third-order valence-electron chi connectivity index (χ3n) is 2.59. The molecule has 96 valence electrons. The number of aliphatic carboxylic acids is 1. The Kier molecular flexibility index (Phi) is 5.38. The van der Waals surface area contributed by atoms with Gasteiger partial charge in [-0.05, 0) is 27.7 Å². The van der Waals surface area contributed by atoms with E-state index in [1.807, 2.05) is 13.8 Å². The zero-order valence-corrected chi connectivity index (χ0v) is 10.7. The minimum atomic E-state index is -1.10. The first-order chi connectivity index (χ1) is 7.13. The molecule has 0 saturated carbocycles. The van der Waals surface area contributed by atoms with E-state index in [4.69, 9.17) is 9.84 Å². The second kappa shape index (κ2) is 5.61. The van der Waals surface area contributed by atoms with Crippen molar-refractivity contribution in [2.24, 2.45) is 0 Å². The first kappa shape index (κ1) is 15.3. The van der Waals surface area contributed by atoms with Crippen molar-refractivity contribution in [2.45, 2.75) is 51.4 Å². The smallest absolute Gasteiger partial charge is 0.323 e. The molecule has 0 aliphatic rings. The largest absolute Gasteiger partial charge is 0.480 e. The Morgan fingerprint density at radius 1 is 1.44 bits per heavy atom. The average Bonchev–Trinajstić information content (AvgIpc) is 2.14. The molecule has 3 N–H and O–H groups in total. The van der Waals surface area contributed by atoms with Crippen LogP contribution in [0.1, 0.15) is 34.1 Å². The molecule has 5 nitrogen and oxygen atoms in total. The zero-order valence-electron chi connectivity index (χ0n) is 10.7. The van der Waals surface area contributed by atoms with Crippen LogP contribution in [0.4, 0.5) is 0 Å². The Labute approximate surface area is 96.8 Å². The lowest BCUT2D eigenvalue weighted by molar-refractivity contribution is -0.147. The number of carbonyl (C=O) groups is 1. The second-order valence-corrected chi connectivity index (χ2v) is 5.01. The van der Waals surface area contributed by atoms with Crippen molar-refractivity contribution in [3.63, 3.8) is 0 Å². The molecule has 0 aliphatic carbocycles. The summed E-state index contributed by atoms with van der Waals surface area (Å²) in [6, 6.07) is 0. The van der Waals surface area contributed by atoms with Crippen LogP contribution in [0, 0.1) is 0 Å². The highest BCUT2D eigenvalue weighted by atomic mass is 16.5. The maximum absolute atomic E-state index is 11.2. The zero-order chi connectivity index (χ0) is 13.0. The summed E-state index contributed by atoms with van der Waals surface area (Å²) >= 11 is 0. The van der Waals surface area contributed by atoms with E-state index in [1.165, 1.54) is 0 Å². The quantitative estimate of drug-likeness (QED) is 0.600. The van der Waals surface area contributed by atoms with Gasteiger partial charge in [0, 0.05) is 20.1 Å². The van der Waals surface area contributed by atoms with Crippen LogP contribution in [-0.4, -0.2) is 47.1 Å². The molecule has 0 bridgehead atoms. The van der Waals surface area contributed by atoms with Gasteiger partial charge < -0.3 is 14.9 Å². The van der Waals surface area contributed by atoms with Gasteiger partial charge in [0.2, 0.25) is 0 Å². The third-order valence-corrected chi connectivity index (χ3v) is 2.59. The molecule has 0 saturated heterocycles. The Morgan fingerprint density at radius 2 is 1.94 bits per heavy atom. The van der Waals surface area contributed by atoms with E-state index in [2.05, 4.69) is 5.32 Å². The Balaban J connectivity index is 4.64.